The summed E-state index contributed by atoms with van der Waals surface area (Å²) < 4.78 is 29.4. The molecule has 0 amide bonds. The van der Waals surface area contributed by atoms with Gasteiger partial charge in [0.15, 0.2) is 11.5 Å². The number of quaternary nitrogens is 2. The minimum absolute atomic E-state index is 0.169. The largest absolute Gasteiger partial charge is 0.493 e. The number of ether oxygens (including phenoxy) is 3. The van der Waals surface area contributed by atoms with Crippen molar-refractivity contribution in [3.8, 4) is 17.2 Å². The van der Waals surface area contributed by atoms with Gasteiger partial charge in [-0.15, -0.1) is 0 Å². The molecule has 0 unspecified atom stereocenters. The number of halogens is 1. The smallest absolute Gasteiger partial charge is 0.231 e. The first kappa shape index (κ1) is 17.1. The van der Waals surface area contributed by atoms with Crippen LogP contribution in [0.4, 0.5) is 4.39 Å². The summed E-state index contributed by atoms with van der Waals surface area (Å²) in [5, 5.41) is 0. The van der Waals surface area contributed by atoms with Gasteiger partial charge in [-0.2, -0.15) is 0 Å². The molecular weight excluding hydrogens is 335 g/mol. The first-order chi connectivity index (χ1) is 12.7. The number of hydrogen-bond donors (Lipinski definition) is 2. The molecule has 138 valence electrons. The van der Waals surface area contributed by atoms with E-state index in [0.29, 0.717) is 5.75 Å². The van der Waals surface area contributed by atoms with Crippen molar-refractivity contribution >= 4 is 0 Å². The van der Waals surface area contributed by atoms with E-state index in [0.717, 1.165) is 50.8 Å². The fraction of sp³-hybridized carbons (Fsp3) is 0.400. The van der Waals surface area contributed by atoms with Gasteiger partial charge in [-0.25, -0.2) is 4.39 Å². The Hall–Kier alpha value is -2.31. The van der Waals surface area contributed by atoms with Crippen LogP contribution in [-0.2, 0) is 13.1 Å². The minimum atomic E-state index is -0.169. The molecule has 26 heavy (non-hydrogen) atoms. The normalized spacial score (nSPS) is 21.6. The Morgan fingerprint density at radius 1 is 0.923 bits per heavy atom. The first-order valence-corrected chi connectivity index (χ1v) is 9.09. The minimum Gasteiger partial charge on any atom is -0.493 e. The first-order valence-electron chi connectivity index (χ1n) is 9.09. The summed E-state index contributed by atoms with van der Waals surface area (Å²) in [7, 11) is 1.66. The average molecular weight is 360 g/mol. The second-order valence-electron chi connectivity index (χ2n) is 7.01. The summed E-state index contributed by atoms with van der Waals surface area (Å²) in [5.74, 6) is 2.06. The molecule has 6 heteroatoms. The highest BCUT2D eigenvalue weighted by Crippen LogP contribution is 2.41. The van der Waals surface area contributed by atoms with Crippen LogP contribution >= 0.6 is 0 Å². The van der Waals surface area contributed by atoms with Crippen LogP contribution in [0.25, 0.3) is 0 Å². The Labute approximate surface area is 152 Å². The van der Waals surface area contributed by atoms with Crippen LogP contribution in [0.3, 0.4) is 0 Å². The summed E-state index contributed by atoms with van der Waals surface area (Å²) >= 11 is 0. The third-order valence-electron chi connectivity index (χ3n) is 5.20. The highest BCUT2D eigenvalue weighted by Gasteiger charge is 2.25. The molecule has 2 heterocycles. The lowest BCUT2D eigenvalue weighted by Crippen LogP contribution is -3.27. The zero-order chi connectivity index (χ0) is 17.9. The summed E-state index contributed by atoms with van der Waals surface area (Å²) in [6.07, 6.45) is 0. The third-order valence-corrected chi connectivity index (χ3v) is 5.20. The van der Waals surface area contributed by atoms with Crippen LogP contribution in [0.1, 0.15) is 11.1 Å². The molecule has 1 fully saturated rings. The maximum Gasteiger partial charge on any atom is 0.231 e. The van der Waals surface area contributed by atoms with Crippen molar-refractivity contribution in [3.63, 3.8) is 0 Å². The Morgan fingerprint density at radius 2 is 1.58 bits per heavy atom. The van der Waals surface area contributed by atoms with E-state index >= 15 is 0 Å². The van der Waals surface area contributed by atoms with Crippen LogP contribution in [0, 0.1) is 5.82 Å². The monoisotopic (exact) mass is 360 g/mol. The SMILES string of the molecule is COc1cc(C[NH+]2CC[NH+](Cc3ccc(F)cc3)CC2)cc2c1OCO2. The van der Waals surface area contributed by atoms with E-state index in [1.165, 1.54) is 11.1 Å². The Bertz CT molecular complexity index is 758. The molecule has 2 aliphatic heterocycles. The maximum absolute atomic E-state index is 13.0. The summed E-state index contributed by atoms with van der Waals surface area (Å²) in [6.45, 7) is 6.65. The molecular formula is C20H25FN2O3+2. The number of hydrogen-bond acceptors (Lipinski definition) is 3. The Kier molecular flexibility index (Phi) is 4.95. The molecule has 5 nitrogen and oxygen atoms in total. The van der Waals surface area contributed by atoms with Crippen LogP contribution in [-0.4, -0.2) is 40.1 Å². The number of piperazine rings is 1. The van der Waals surface area contributed by atoms with E-state index in [9.17, 15) is 4.39 Å². The fourth-order valence-electron chi connectivity index (χ4n) is 3.78. The van der Waals surface area contributed by atoms with Gasteiger partial charge in [0, 0.05) is 11.1 Å². The number of rotatable bonds is 5. The van der Waals surface area contributed by atoms with Crippen LogP contribution in [0.15, 0.2) is 36.4 Å². The standard InChI is InChI=1S/C20H23FN2O3/c1-24-18-10-16(11-19-20(18)26-14-25-19)13-23-8-6-22(7-9-23)12-15-2-4-17(21)5-3-15/h2-5,10-11H,6-9,12-14H2,1H3/p+2. The Balaban J connectivity index is 1.33. The van der Waals surface area contributed by atoms with Crippen molar-refractivity contribution < 1.29 is 28.4 Å². The van der Waals surface area contributed by atoms with E-state index in [-0.39, 0.29) is 12.6 Å². The molecule has 0 aromatic heterocycles. The van der Waals surface area contributed by atoms with E-state index in [1.807, 2.05) is 12.1 Å². The molecule has 0 aliphatic carbocycles. The van der Waals surface area contributed by atoms with Gasteiger partial charge in [0.1, 0.15) is 45.1 Å². The summed E-state index contributed by atoms with van der Waals surface area (Å²) in [4.78, 5) is 3.12. The summed E-state index contributed by atoms with van der Waals surface area (Å²) in [6, 6.07) is 11.0. The lowest BCUT2D eigenvalue weighted by atomic mass is 10.1. The van der Waals surface area contributed by atoms with E-state index in [4.69, 9.17) is 14.2 Å². The van der Waals surface area contributed by atoms with Gasteiger partial charge in [0.25, 0.3) is 0 Å². The van der Waals surface area contributed by atoms with Crippen LogP contribution in [0.2, 0.25) is 0 Å². The second kappa shape index (κ2) is 7.51. The molecule has 0 radical (unpaired) electrons. The van der Waals surface area contributed by atoms with Crippen LogP contribution < -0.4 is 24.0 Å². The predicted octanol–water partition coefficient (Wildman–Crippen LogP) is 0.0466. The fourth-order valence-corrected chi connectivity index (χ4v) is 3.78. The zero-order valence-electron chi connectivity index (χ0n) is 15.0. The van der Waals surface area contributed by atoms with Crippen molar-refractivity contribution in [1.29, 1.82) is 0 Å². The van der Waals surface area contributed by atoms with Crippen molar-refractivity contribution in [2.75, 3.05) is 40.1 Å². The predicted molar refractivity (Wildman–Crippen MR) is 94.3 cm³/mol. The Morgan fingerprint density at radius 3 is 2.23 bits per heavy atom. The number of methoxy groups -OCH3 is 1. The molecule has 0 saturated carbocycles. The van der Waals surface area contributed by atoms with Gasteiger partial charge >= 0.3 is 0 Å². The second-order valence-corrected chi connectivity index (χ2v) is 7.01. The third kappa shape index (κ3) is 3.76. The van der Waals surface area contributed by atoms with Gasteiger partial charge in [-0.05, 0) is 24.3 Å². The lowest BCUT2D eigenvalue weighted by molar-refractivity contribution is -1.02. The molecule has 0 atom stereocenters. The van der Waals surface area contributed by atoms with E-state index < -0.39 is 0 Å². The van der Waals surface area contributed by atoms with Crippen molar-refractivity contribution in [2.24, 2.45) is 0 Å². The molecule has 1 saturated heterocycles. The molecule has 2 aromatic carbocycles. The van der Waals surface area contributed by atoms with Crippen molar-refractivity contribution in [1.82, 2.24) is 0 Å². The van der Waals surface area contributed by atoms with Crippen molar-refractivity contribution in [2.45, 2.75) is 13.1 Å². The number of nitrogens with one attached hydrogen (secondary N) is 2. The topological polar surface area (TPSA) is 36.6 Å². The highest BCUT2D eigenvalue weighted by molar-refractivity contribution is 5.54. The molecule has 2 N–H and O–H groups in total. The van der Waals surface area contributed by atoms with E-state index in [2.05, 4.69) is 12.1 Å². The lowest BCUT2D eigenvalue weighted by Gasteiger charge is -2.30. The molecule has 2 aromatic rings. The molecule has 2 aliphatic rings. The number of fused-ring (bicyclic) bond motifs is 1. The average Bonchev–Trinajstić information content (AvgIpc) is 3.13. The van der Waals surface area contributed by atoms with Gasteiger partial charge < -0.3 is 24.0 Å². The summed E-state index contributed by atoms with van der Waals surface area (Å²) in [5.41, 5.74) is 2.41. The number of benzene rings is 2. The van der Waals surface area contributed by atoms with Crippen molar-refractivity contribution in [3.05, 3.63) is 53.3 Å². The van der Waals surface area contributed by atoms with Crippen LogP contribution in [0.5, 0.6) is 17.2 Å². The zero-order valence-corrected chi connectivity index (χ0v) is 15.0. The van der Waals surface area contributed by atoms with Gasteiger partial charge in [0.2, 0.25) is 12.5 Å². The molecule has 0 spiro atoms. The maximum atomic E-state index is 13.0. The van der Waals surface area contributed by atoms with Gasteiger partial charge in [-0.3, -0.25) is 0 Å². The highest BCUT2D eigenvalue weighted by atomic mass is 19.1. The quantitative estimate of drug-likeness (QED) is 0.791. The van der Waals surface area contributed by atoms with Gasteiger partial charge in [-0.1, -0.05) is 12.1 Å². The van der Waals surface area contributed by atoms with Gasteiger partial charge in [0.05, 0.1) is 7.11 Å². The van der Waals surface area contributed by atoms with E-state index in [1.54, 1.807) is 29.0 Å². The molecule has 0 bridgehead atoms. The molecule has 4 rings (SSSR count).